The van der Waals surface area contributed by atoms with Crippen molar-refractivity contribution in [2.75, 3.05) is 10.6 Å². The van der Waals surface area contributed by atoms with Crippen LogP contribution in [-0.4, -0.2) is 11.8 Å². The van der Waals surface area contributed by atoms with Crippen LogP contribution in [0.15, 0.2) is 42.5 Å². The monoisotopic (exact) mass is 340 g/mol. The molecule has 0 saturated carbocycles. The maximum absolute atomic E-state index is 13.3. The van der Waals surface area contributed by atoms with E-state index < -0.39 is 29.4 Å². The third kappa shape index (κ3) is 4.31. The van der Waals surface area contributed by atoms with E-state index in [0.29, 0.717) is 0 Å². The molecule has 0 radical (unpaired) electrons. The average molecular weight is 340 g/mol. The summed E-state index contributed by atoms with van der Waals surface area (Å²) >= 11 is 0. The van der Waals surface area contributed by atoms with Crippen LogP contribution in [0.4, 0.5) is 28.9 Å². The Morgan fingerprint density at radius 2 is 1.54 bits per heavy atom. The summed E-state index contributed by atoms with van der Waals surface area (Å²) in [5, 5.41) is 4.77. The van der Waals surface area contributed by atoms with Gasteiger partial charge in [0.2, 0.25) is 5.91 Å². The first kappa shape index (κ1) is 17.5. The van der Waals surface area contributed by atoms with Gasteiger partial charge in [-0.15, -0.1) is 0 Å². The highest BCUT2D eigenvalue weighted by Crippen LogP contribution is 2.29. The van der Waals surface area contributed by atoms with E-state index in [1.54, 1.807) is 0 Å². The molecule has 2 N–H and O–H groups in total. The lowest BCUT2D eigenvalue weighted by molar-refractivity contribution is -0.137. The third-order valence-electron chi connectivity index (χ3n) is 3.01. The molecule has 0 spiro atoms. The molecule has 126 valence electrons. The van der Waals surface area contributed by atoms with Crippen LogP contribution in [0.25, 0.3) is 0 Å². The Morgan fingerprint density at radius 1 is 0.917 bits per heavy atom. The number of carbonyl (C=O) groups is 2. The van der Waals surface area contributed by atoms with E-state index in [2.05, 4.69) is 10.6 Å². The van der Waals surface area contributed by atoms with E-state index >= 15 is 0 Å². The second-order valence-electron chi connectivity index (χ2n) is 4.90. The van der Waals surface area contributed by atoms with Crippen molar-refractivity contribution in [1.82, 2.24) is 0 Å². The molecule has 0 aliphatic carbocycles. The van der Waals surface area contributed by atoms with E-state index in [4.69, 9.17) is 0 Å². The minimum absolute atomic E-state index is 0.00454. The molecule has 0 atom stereocenters. The summed E-state index contributed by atoms with van der Waals surface area (Å²) in [6, 6.07) is 6.92. The highest BCUT2D eigenvalue weighted by molar-refractivity contribution is 6.07. The number of anilines is 2. The van der Waals surface area contributed by atoms with Gasteiger partial charge in [-0.05, 0) is 42.5 Å². The Bertz CT molecular complexity index is 771. The number of amides is 2. The molecule has 8 heteroatoms. The number of rotatable bonds is 3. The SMILES string of the molecule is CC(=O)Nc1ccc(F)cc1NC(=O)c1ccc(C(F)(F)F)cc1. The van der Waals surface area contributed by atoms with Gasteiger partial charge in [-0.25, -0.2) is 4.39 Å². The highest BCUT2D eigenvalue weighted by Gasteiger charge is 2.30. The summed E-state index contributed by atoms with van der Waals surface area (Å²) < 4.78 is 50.8. The molecule has 4 nitrogen and oxygen atoms in total. The van der Waals surface area contributed by atoms with Gasteiger partial charge in [0.15, 0.2) is 0 Å². The van der Waals surface area contributed by atoms with Gasteiger partial charge in [0.1, 0.15) is 5.82 Å². The van der Waals surface area contributed by atoms with E-state index in [1.165, 1.54) is 13.0 Å². The lowest BCUT2D eigenvalue weighted by Crippen LogP contribution is -2.15. The topological polar surface area (TPSA) is 58.2 Å². The molecule has 0 unspecified atom stereocenters. The molecule has 0 aromatic heterocycles. The summed E-state index contributed by atoms with van der Waals surface area (Å²) in [6.45, 7) is 1.24. The van der Waals surface area contributed by atoms with Crippen LogP contribution in [0.5, 0.6) is 0 Å². The van der Waals surface area contributed by atoms with Crippen LogP contribution in [-0.2, 0) is 11.0 Å². The van der Waals surface area contributed by atoms with Crippen LogP contribution in [0.2, 0.25) is 0 Å². The quantitative estimate of drug-likeness (QED) is 0.828. The molecule has 0 bridgehead atoms. The number of hydrogen-bond donors (Lipinski definition) is 2. The molecule has 2 rings (SSSR count). The zero-order chi connectivity index (χ0) is 17.9. The first-order valence-electron chi connectivity index (χ1n) is 6.72. The van der Waals surface area contributed by atoms with Crippen LogP contribution in [0.3, 0.4) is 0 Å². The highest BCUT2D eigenvalue weighted by atomic mass is 19.4. The lowest BCUT2D eigenvalue weighted by atomic mass is 10.1. The van der Waals surface area contributed by atoms with Crippen molar-refractivity contribution in [1.29, 1.82) is 0 Å². The Labute approximate surface area is 134 Å². The fourth-order valence-corrected chi connectivity index (χ4v) is 1.92. The van der Waals surface area contributed by atoms with E-state index in [-0.39, 0.29) is 16.9 Å². The Hall–Kier alpha value is -2.90. The van der Waals surface area contributed by atoms with Crippen molar-refractivity contribution in [3.63, 3.8) is 0 Å². The molecule has 0 saturated heterocycles. The molecule has 0 heterocycles. The minimum Gasteiger partial charge on any atom is -0.325 e. The van der Waals surface area contributed by atoms with Gasteiger partial charge in [0, 0.05) is 12.5 Å². The normalized spacial score (nSPS) is 11.0. The van der Waals surface area contributed by atoms with Gasteiger partial charge in [-0.1, -0.05) is 0 Å². The number of alkyl halides is 3. The predicted octanol–water partition coefficient (Wildman–Crippen LogP) is 4.06. The standard InChI is InChI=1S/C16H12F4N2O2/c1-9(23)21-13-7-6-12(17)8-14(13)22-15(24)10-2-4-11(5-3-10)16(18,19)20/h2-8H,1H3,(H,21,23)(H,22,24). The smallest absolute Gasteiger partial charge is 0.325 e. The zero-order valence-electron chi connectivity index (χ0n) is 12.4. The Morgan fingerprint density at radius 3 is 2.08 bits per heavy atom. The van der Waals surface area contributed by atoms with Gasteiger partial charge in [-0.3, -0.25) is 9.59 Å². The molecular weight excluding hydrogens is 328 g/mol. The molecule has 2 aromatic rings. The van der Waals surface area contributed by atoms with Crippen LogP contribution >= 0.6 is 0 Å². The second-order valence-corrected chi connectivity index (χ2v) is 4.90. The summed E-state index contributed by atoms with van der Waals surface area (Å²) in [5.41, 5.74) is -0.760. The van der Waals surface area contributed by atoms with Crippen molar-refractivity contribution in [3.05, 3.63) is 59.4 Å². The average Bonchev–Trinajstić information content (AvgIpc) is 2.49. The maximum atomic E-state index is 13.3. The van der Waals surface area contributed by atoms with Gasteiger partial charge >= 0.3 is 6.18 Å². The minimum atomic E-state index is -4.50. The van der Waals surface area contributed by atoms with Crippen molar-refractivity contribution in [3.8, 4) is 0 Å². The predicted molar refractivity (Wildman–Crippen MR) is 80.1 cm³/mol. The molecule has 0 aliphatic rings. The van der Waals surface area contributed by atoms with Gasteiger partial charge in [0.25, 0.3) is 5.91 Å². The lowest BCUT2D eigenvalue weighted by Gasteiger charge is -2.12. The van der Waals surface area contributed by atoms with Crippen molar-refractivity contribution >= 4 is 23.2 Å². The van der Waals surface area contributed by atoms with Crippen LogP contribution < -0.4 is 10.6 Å². The second kappa shape index (κ2) is 6.69. The number of nitrogens with one attached hydrogen (secondary N) is 2. The number of hydrogen-bond acceptors (Lipinski definition) is 2. The fraction of sp³-hybridized carbons (Fsp3) is 0.125. The van der Waals surface area contributed by atoms with Crippen molar-refractivity contribution < 1.29 is 27.2 Å². The van der Waals surface area contributed by atoms with E-state index in [1.807, 2.05) is 0 Å². The van der Waals surface area contributed by atoms with E-state index in [9.17, 15) is 27.2 Å². The molecular formula is C16H12F4N2O2. The third-order valence-corrected chi connectivity index (χ3v) is 3.01. The summed E-state index contributed by atoms with van der Waals surface area (Å²) in [7, 11) is 0. The van der Waals surface area contributed by atoms with Crippen molar-refractivity contribution in [2.45, 2.75) is 13.1 Å². The summed E-state index contributed by atoms with van der Waals surface area (Å²) in [5.74, 6) is -1.81. The van der Waals surface area contributed by atoms with Gasteiger partial charge in [0.05, 0.1) is 16.9 Å². The Balaban J connectivity index is 2.23. The molecule has 2 amide bonds. The summed E-state index contributed by atoms with van der Waals surface area (Å²) in [4.78, 5) is 23.2. The molecule has 0 aliphatic heterocycles. The number of benzene rings is 2. The number of halogens is 4. The van der Waals surface area contributed by atoms with E-state index in [0.717, 1.165) is 36.4 Å². The first-order valence-corrected chi connectivity index (χ1v) is 6.72. The van der Waals surface area contributed by atoms with Gasteiger partial charge in [-0.2, -0.15) is 13.2 Å². The maximum Gasteiger partial charge on any atom is 0.416 e. The van der Waals surface area contributed by atoms with Crippen LogP contribution in [0, 0.1) is 5.82 Å². The van der Waals surface area contributed by atoms with Gasteiger partial charge < -0.3 is 10.6 Å². The number of carbonyl (C=O) groups excluding carboxylic acids is 2. The molecule has 2 aromatic carbocycles. The summed E-state index contributed by atoms with van der Waals surface area (Å²) in [6.07, 6.45) is -4.50. The Kier molecular flexibility index (Phi) is 4.87. The molecule has 24 heavy (non-hydrogen) atoms. The zero-order valence-corrected chi connectivity index (χ0v) is 12.4. The fourth-order valence-electron chi connectivity index (χ4n) is 1.92. The largest absolute Gasteiger partial charge is 0.416 e. The van der Waals surface area contributed by atoms with Crippen LogP contribution in [0.1, 0.15) is 22.8 Å². The molecule has 0 fully saturated rings. The first-order chi connectivity index (χ1) is 11.2. The van der Waals surface area contributed by atoms with Crippen molar-refractivity contribution in [2.24, 2.45) is 0 Å².